The molecule has 3 N–H and O–H groups in total. The predicted molar refractivity (Wildman–Crippen MR) is 103 cm³/mol. The minimum absolute atomic E-state index is 0.317. The van der Waals surface area contributed by atoms with Crippen LogP contribution in [0.3, 0.4) is 0 Å². The molecule has 2 aromatic rings. The molecule has 0 unspecified atom stereocenters. The highest BCUT2D eigenvalue weighted by molar-refractivity contribution is 6.35. The summed E-state index contributed by atoms with van der Waals surface area (Å²) in [6.45, 7) is 5.18. The fraction of sp³-hybridized carbons (Fsp3) is 0.368. The lowest BCUT2D eigenvalue weighted by atomic mass is 10.2. The molecule has 0 radical (unpaired) electrons. The smallest absolute Gasteiger partial charge is 0.120 e. The van der Waals surface area contributed by atoms with Crippen LogP contribution in [0.4, 0.5) is 0 Å². The van der Waals surface area contributed by atoms with E-state index in [-0.39, 0.29) is 6.10 Å². The molecule has 0 bridgehead atoms. The molecule has 0 aliphatic rings. The zero-order valence-corrected chi connectivity index (χ0v) is 15.8. The molecule has 0 aliphatic heterocycles. The molecule has 0 aromatic heterocycles. The van der Waals surface area contributed by atoms with E-state index in [0.29, 0.717) is 23.2 Å². The third kappa shape index (κ3) is 7.63. The normalized spacial score (nSPS) is 12.2. The monoisotopic (exact) mass is 382 g/mol. The molecule has 0 saturated heterocycles. The first-order valence-electron chi connectivity index (χ1n) is 8.30. The third-order valence-corrected chi connectivity index (χ3v) is 4.14. The van der Waals surface area contributed by atoms with Crippen molar-refractivity contribution >= 4 is 23.2 Å². The van der Waals surface area contributed by atoms with Crippen LogP contribution in [0.1, 0.15) is 18.1 Å². The van der Waals surface area contributed by atoms with Crippen LogP contribution in [-0.4, -0.2) is 30.8 Å². The number of nitrogens with one attached hydrogen (secondary N) is 2. The maximum atomic E-state index is 9.17. The van der Waals surface area contributed by atoms with Crippen LogP contribution in [0.25, 0.3) is 0 Å². The Labute approximate surface area is 159 Å². The number of rotatable bonds is 10. The Balaban J connectivity index is 1.76. The standard InChI is InChI=1S/C19H24Cl2N2O2/c1-14(24)11-22-7-8-23-12-15-3-2-4-18(9-15)25-13-16-5-6-17(20)10-19(16)21/h2-6,9-10,14,22-24H,7-8,11-13H2,1H3/t14-/m1/s1. The first-order chi connectivity index (χ1) is 12.0. The van der Waals surface area contributed by atoms with Crippen molar-refractivity contribution in [2.75, 3.05) is 19.6 Å². The first-order valence-corrected chi connectivity index (χ1v) is 9.05. The highest BCUT2D eigenvalue weighted by Gasteiger charge is 2.03. The zero-order valence-electron chi connectivity index (χ0n) is 14.3. The fourth-order valence-corrected chi connectivity index (χ4v) is 2.73. The molecule has 0 saturated carbocycles. The van der Waals surface area contributed by atoms with Gasteiger partial charge in [-0.05, 0) is 36.8 Å². The lowest BCUT2D eigenvalue weighted by Crippen LogP contribution is -2.31. The van der Waals surface area contributed by atoms with Crippen LogP contribution in [0.5, 0.6) is 5.75 Å². The van der Waals surface area contributed by atoms with Crippen LogP contribution < -0.4 is 15.4 Å². The van der Waals surface area contributed by atoms with Crippen molar-refractivity contribution in [3.63, 3.8) is 0 Å². The van der Waals surface area contributed by atoms with Crippen molar-refractivity contribution in [3.8, 4) is 5.75 Å². The molecular formula is C19H24Cl2N2O2. The van der Waals surface area contributed by atoms with Gasteiger partial charge in [0.25, 0.3) is 0 Å². The summed E-state index contributed by atoms with van der Waals surface area (Å²) in [5, 5.41) is 16.9. The van der Waals surface area contributed by atoms with Gasteiger partial charge in [0.05, 0.1) is 6.10 Å². The van der Waals surface area contributed by atoms with E-state index < -0.39 is 0 Å². The van der Waals surface area contributed by atoms with Gasteiger partial charge in [-0.3, -0.25) is 0 Å². The van der Waals surface area contributed by atoms with E-state index in [2.05, 4.69) is 16.7 Å². The van der Waals surface area contributed by atoms with Crippen molar-refractivity contribution in [1.82, 2.24) is 10.6 Å². The van der Waals surface area contributed by atoms with E-state index >= 15 is 0 Å². The fourth-order valence-electron chi connectivity index (χ4n) is 2.27. The molecule has 0 fully saturated rings. The van der Waals surface area contributed by atoms with Gasteiger partial charge in [-0.15, -0.1) is 0 Å². The van der Waals surface area contributed by atoms with E-state index in [1.807, 2.05) is 24.3 Å². The second-order valence-electron chi connectivity index (χ2n) is 5.90. The Kier molecular flexibility index (Phi) is 8.52. The van der Waals surface area contributed by atoms with Crippen LogP contribution in [0.2, 0.25) is 10.0 Å². The molecule has 0 aliphatic carbocycles. The van der Waals surface area contributed by atoms with Gasteiger partial charge < -0.3 is 20.5 Å². The molecule has 0 heterocycles. The van der Waals surface area contributed by atoms with E-state index in [4.69, 9.17) is 33.0 Å². The number of aliphatic hydroxyl groups excluding tert-OH is 1. The summed E-state index contributed by atoms with van der Waals surface area (Å²) >= 11 is 12.1. The van der Waals surface area contributed by atoms with E-state index in [0.717, 1.165) is 36.5 Å². The topological polar surface area (TPSA) is 53.5 Å². The molecule has 4 nitrogen and oxygen atoms in total. The summed E-state index contributed by atoms with van der Waals surface area (Å²) < 4.78 is 5.83. The van der Waals surface area contributed by atoms with Crippen LogP contribution in [0, 0.1) is 0 Å². The quantitative estimate of drug-likeness (QED) is 0.549. The molecular weight excluding hydrogens is 359 g/mol. The van der Waals surface area contributed by atoms with Gasteiger partial charge in [0, 0.05) is 41.8 Å². The molecule has 0 spiro atoms. The summed E-state index contributed by atoms with van der Waals surface area (Å²) in [4.78, 5) is 0. The summed E-state index contributed by atoms with van der Waals surface area (Å²) in [7, 11) is 0. The van der Waals surface area contributed by atoms with Gasteiger partial charge in [0.1, 0.15) is 12.4 Å². The van der Waals surface area contributed by atoms with Crippen LogP contribution in [0.15, 0.2) is 42.5 Å². The summed E-state index contributed by atoms with van der Waals surface area (Å²) in [6.07, 6.45) is -0.317. The number of halogens is 2. The number of aliphatic hydroxyl groups is 1. The molecule has 6 heteroatoms. The summed E-state index contributed by atoms with van der Waals surface area (Å²) in [6, 6.07) is 13.4. The Morgan fingerprint density at radius 2 is 1.88 bits per heavy atom. The Hall–Kier alpha value is -1.30. The Morgan fingerprint density at radius 3 is 2.64 bits per heavy atom. The maximum Gasteiger partial charge on any atom is 0.120 e. The SMILES string of the molecule is C[C@@H](O)CNCCNCc1cccc(OCc2ccc(Cl)cc2Cl)c1. The van der Waals surface area contributed by atoms with Crippen molar-refractivity contribution in [3.05, 3.63) is 63.6 Å². The molecule has 1 atom stereocenters. The number of hydrogen-bond acceptors (Lipinski definition) is 4. The second-order valence-corrected chi connectivity index (χ2v) is 6.75. The molecule has 2 rings (SSSR count). The zero-order chi connectivity index (χ0) is 18.1. The van der Waals surface area contributed by atoms with Crippen LogP contribution >= 0.6 is 23.2 Å². The van der Waals surface area contributed by atoms with Gasteiger partial charge in [0.15, 0.2) is 0 Å². The number of hydrogen-bond donors (Lipinski definition) is 3. The summed E-state index contributed by atoms with van der Waals surface area (Å²) in [5.41, 5.74) is 2.05. The molecule has 25 heavy (non-hydrogen) atoms. The first kappa shape index (κ1) is 20.0. The average molecular weight is 383 g/mol. The number of ether oxygens (including phenoxy) is 1. The van der Waals surface area contributed by atoms with Crippen LogP contribution in [-0.2, 0) is 13.2 Å². The van der Waals surface area contributed by atoms with Gasteiger partial charge in [-0.1, -0.05) is 41.4 Å². The van der Waals surface area contributed by atoms with E-state index in [1.54, 1.807) is 19.1 Å². The third-order valence-electron chi connectivity index (χ3n) is 3.56. The molecule has 0 amide bonds. The highest BCUT2D eigenvalue weighted by Crippen LogP contribution is 2.23. The average Bonchev–Trinajstić information content (AvgIpc) is 2.57. The predicted octanol–water partition coefficient (Wildman–Crippen LogP) is 3.63. The second kappa shape index (κ2) is 10.6. The van der Waals surface area contributed by atoms with Crippen molar-refractivity contribution in [1.29, 1.82) is 0 Å². The van der Waals surface area contributed by atoms with Crippen molar-refractivity contribution in [2.24, 2.45) is 0 Å². The number of benzene rings is 2. The van der Waals surface area contributed by atoms with Gasteiger partial charge in [0.2, 0.25) is 0 Å². The Morgan fingerprint density at radius 1 is 1.08 bits per heavy atom. The highest BCUT2D eigenvalue weighted by atomic mass is 35.5. The largest absolute Gasteiger partial charge is 0.489 e. The lowest BCUT2D eigenvalue weighted by molar-refractivity contribution is 0.191. The van der Waals surface area contributed by atoms with Crippen molar-refractivity contribution in [2.45, 2.75) is 26.2 Å². The van der Waals surface area contributed by atoms with Crippen molar-refractivity contribution < 1.29 is 9.84 Å². The van der Waals surface area contributed by atoms with E-state index in [9.17, 15) is 0 Å². The summed E-state index contributed by atoms with van der Waals surface area (Å²) in [5.74, 6) is 0.803. The minimum Gasteiger partial charge on any atom is -0.489 e. The van der Waals surface area contributed by atoms with Gasteiger partial charge >= 0.3 is 0 Å². The minimum atomic E-state index is -0.317. The maximum absolute atomic E-state index is 9.17. The molecule has 136 valence electrons. The molecule has 2 aromatic carbocycles. The lowest BCUT2D eigenvalue weighted by Gasteiger charge is -2.11. The van der Waals surface area contributed by atoms with Gasteiger partial charge in [-0.2, -0.15) is 0 Å². The Bertz CT molecular complexity index is 666. The van der Waals surface area contributed by atoms with Gasteiger partial charge in [-0.25, -0.2) is 0 Å². The van der Waals surface area contributed by atoms with E-state index in [1.165, 1.54) is 0 Å².